The molecule has 27 heavy (non-hydrogen) atoms. The summed E-state index contributed by atoms with van der Waals surface area (Å²) in [5.74, 6) is 0.0780. The predicted octanol–water partition coefficient (Wildman–Crippen LogP) is 1.57. The van der Waals surface area contributed by atoms with Crippen molar-refractivity contribution >= 4 is 33.2 Å². The number of piperazine rings is 1. The van der Waals surface area contributed by atoms with E-state index >= 15 is 0 Å². The molecule has 7 heteroatoms. The molecule has 3 atom stereocenters. The Balaban J connectivity index is 1.32. The van der Waals surface area contributed by atoms with Gasteiger partial charge in [-0.2, -0.15) is 0 Å². The van der Waals surface area contributed by atoms with Crippen molar-refractivity contribution in [2.24, 2.45) is 0 Å². The van der Waals surface area contributed by atoms with E-state index in [0.29, 0.717) is 17.6 Å². The van der Waals surface area contributed by atoms with Gasteiger partial charge in [0.15, 0.2) is 0 Å². The molecule has 0 saturated carbocycles. The van der Waals surface area contributed by atoms with Gasteiger partial charge < -0.3 is 20.9 Å². The lowest BCUT2D eigenvalue weighted by atomic mass is 9.95. The minimum atomic E-state index is -0.0163. The van der Waals surface area contributed by atoms with Crippen LogP contribution in [0.4, 0.5) is 0 Å². The first-order chi connectivity index (χ1) is 13.2. The second-order valence-electron chi connectivity index (χ2n) is 7.77. The zero-order valence-corrected chi connectivity index (χ0v) is 16.0. The van der Waals surface area contributed by atoms with E-state index in [1.165, 1.54) is 17.8 Å². The third-order valence-electron chi connectivity index (χ3n) is 6.01. The van der Waals surface area contributed by atoms with E-state index in [9.17, 15) is 9.59 Å². The fraction of sp³-hybridized carbons (Fsp3) is 0.500. The molecule has 0 unspecified atom stereocenters. The van der Waals surface area contributed by atoms with Crippen LogP contribution in [0.3, 0.4) is 0 Å². The summed E-state index contributed by atoms with van der Waals surface area (Å²) >= 11 is 1.51. The molecule has 3 aliphatic heterocycles. The summed E-state index contributed by atoms with van der Waals surface area (Å²) in [5, 5.41) is 11.0. The molecule has 0 aliphatic carbocycles. The Bertz CT molecular complexity index is 889. The molecule has 1 aromatic heterocycles. The van der Waals surface area contributed by atoms with E-state index in [1.807, 2.05) is 29.2 Å². The van der Waals surface area contributed by atoms with Crippen molar-refractivity contribution in [2.75, 3.05) is 26.2 Å². The number of rotatable bonds is 3. The Hall–Kier alpha value is -1.96. The number of hydrogen-bond donors (Lipinski definition) is 3. The van der Waals surface area contributed by atoms with Gasteiger partial charge in [0.05, 0.1) is 4.88 Å². The molecule has 0 spiro atoms. The highest BCUT2D eigenvalue weighted by Crippen LogP contribution is 2.30. The highest BCUT2D eigenvalue weighted by Gasteiger charge is 2.39. The highest BCUT2D eigenvalue weighted by atomic mass is 32.1. The minimum Gasteiger partial charge on any atom is -0.348 e. The zero-order valence-electron chi connectivity index (χ0n) is 15.2. The molecule has 3 fully saturated rings. The molecule has 142 valence electrons. The molecule has 6 nitrogen and oxygen atoms in total. The van der Waals surface area contributed by atoms with Gasteiger partial charge in [0.2, 0.25) is 0 Å². The van der Waals surface area contributed by atoms with Gasteiger partial charge in [-0.15, -0.1) is 11.3 Å². The maximum absolute atomic E-state index is 12.7. The van der Waals surface area contributed by atoms with E-state index in [2.05, 4.69) is 16.0 Å². The number of nitrogens with one attached hydrogen (secondary N) is 3. The lowest BCUT2D eigenvalue weighted by molar-refractivity contribution is 0.0740. The predicted molar refractivity (Wildman–Crippen MR) is 106 cm³/mol. The van der Waals surface area contributed by atoms with Crippen LogP contribution in [0.25, 0.3) is 10.1 Å². The van der Waals surface area contributed by atoms with Gasteiger partial charge in [-0.05, 0) is 48.9 Å². The second-order valence-corrected chi connectivity index (χ2v) is 8.85. The van der Waals surface area contributed by atoms with Crippen LogP contribution in [0.1, 0.15) is 39.3 Å². The molecule has 2 amide bonds. The molecule has 2 aromatic rings. The number of hydrogen-bond acceptors (Lipinski definition) is 5. The largest absolute Gasteiger partial charge is 0.348 e. The summed E-state index contributed by atoms with van der Waals surface area (Å²) in [6.07, 6.45) is 3.40. The van der Waals surface area contributed by atoms with Crippen LogP contribution in [0.15, 0.2) is 24.3 Å². The molecule has 3 saturated heterocycles. The molecule has 0 radical (unpaired) electrons. The van der Waals surface area contributed by atoms with Gasteiger partial charge in [0, 0.05) is 54.6 Å². The fourth-order valence-electron chi connectivity index (χ4n) is 4.55. The first-order valence-electron chi connectivity index (χ1n) is 9.78. The number of amides is 2. The molecule has 1 aromatic carbocycles. The monoisotopic (exact) mass is 384 g/mol. The first kappa shape index (κ1) is 17.2. The zero-order chi connectivity index (χ0) is 18.4. The Morgan fingerprint density at radius 1 is 1.15 bits per heavy atom. The molecule has 3 aliphatic rings. The normalized spacial score (nSPS) is 27.3. The minimum absolute atomic E-state index is 0.0163. The molecule has 4 heterocycles. The van der Waals surface area contributed by atoms with Crippen LogP contribution >= 0.6 is 11.3 Å². The number of thiophene rings is 1. The maximum atomic E-state index is 12.7. The Morgan fingerprint density at radius 2 is 2.00 bits per heavy atom. The average molecular weight is 385 g/mol. The van der Waals surface area contributed by atoms with Gasteiger partial charge in [0.25, 0.3) is 11.8 Å². The smallest absolute Gasteiger partial charge is 0.264 e. The molecule has 3 N–H and O–H groups in total. The number of benzene rings is 1. The van der Waals surface area contributed by atoms with Gasteiger partial charge in [-0.1, -0.05) is 0 Å². The summed E-state index contributed by atoms with van der Waals surface area (Å²) in [7, 11) is 0. The van der Waals surface area contributed by atoms with Crippen molar-refractivity contribution in [3.05, 3.63) is 34.7 Å². The van der Waals surface area contributed by atoms with Crippen LogP contribution in [0, 0.1) is 0 Å². The quantitative estimate of drug-likeness (QED) is 0.751. The van der Waals surface area contributed by atoms with Gasteiger partial charge in [0.1, 0.15) is 0 Å². The van der Waals surface area contributed by atoms with E-state index < -0.39 is 0 Å². The van der Waals surface area contributed by atoms with Crippen molar-refractivity contribution in [3.63, 3.8) is 0 Å². The lowest BCUT2D eigenvalue weighted by Gasteiger charge is -2.26. The van der Waals surface area contributed by atoms with E-state index in [4.69, 9.17) is 0 Å². The molecule has 5 rings (SSSR count). The third-order valence-corrected chi connectivity index (χ3v) is 7.11. The topological polar surface area (TPSA) is 73.5 Å². The first-order valence-corrected chi connectivity index (χ1v) is 10.6. The van der Waals surface area contributed by atoms with Crippen LogP contribution in [0.2, 0.25) is 0 Å². The van der Waals surface area contributed by atoms with Crippen molar-refractivity contribution in [1.29, 1.82) is 0 Å². The fourth-order valence-corrected chi connectivity index (χ4v) is 5.56. The summed E-state index contributed by atoms with van der Waals surface area (Å²) in [6.45, 7) is 3.19. The maximum Gasteiger partial charge on any atom is 0.264 e. The number of carbonyl (C=O) groups is 2. The van der Waals surface area contributed by atoms with E-state index in [-0.39, 0.29) is 17.9 Å². The van der Waals surface area contributed by atoms with Crippen molar-refractivity contribution < 1.29 is 9.59 Å². The van der Waals surface area contributed by atoms with Crippen molar-refractivity contribution in [3.8, 4) is 0 Å². The summed E-state index contributed by atoms with van der Waals surface area (Å²) in [5.41, 5.74) is 0.671. The van der Waals surface area contributed by atoms with Crippen molar-refractivity contribution in [1.82, 2.24) is 20.9 Å². The summed E-state index contributed by atoms with van der Waals surface area (Å²) in [6, 6.07) is 8.90. The van der Waals surface area contributed by atoms with Crippen LogP contribution < -0.4 is 16.0 Å². The SMILES string of the molecule is O=C(N[C@@H]1C[C@H]2CC[C@@H]1N2)c1ccc2sc(C(=O)N3CCNCC3)cc2c1. The van der Waals surface area contributed by atoms with Crippen LogP contribution in [-0.2, 0) is 0 Å². The summed E-state index contributed by atoms with van der Waals surface area (Å²) < 4.78 is 1.05. The Morgan fingerprint density at radius 3 is 2.74 bits per heavy atom. The van der Waals surface area contributed by atoms with Crippen LogP contribution in [-0.4, -0.2) is 61.0 Å². The summed E-state index contributed by atoms with van der Waals surface area (Å²) in [4.78, 5) is 28.1. The van der Waals surface area contributed by atoms with Crippen molar-refractivity contribution in [2.45, 2.75) is 37.4 Å². The van der Waals surface area contributed by atoms with Crippen LogP contribution in [0.5, 0.6) is 0 Å². The molecular formula is C20H24N4O2S. The molecular weight excluding hydrogens is 360 g/mol. The number of carbonyl (C=O) groups excluding carboxylic acids is 2. The Labute approximate surface area is 162 Å². The average Bonchev–Trinajstić information content (AvgIpc) is 3.42. The number of fused-ring (bicyclic) bond motifs is 3. The Kier molecular flexibility index (Phi) is 4.38. The highest BCUT2D eigenvalue weighted by molar-refractivity contribution is 7.20. The standard InChI is InChI=1S/C20H24N4O2S/c25-19(23-16-11-14-2-3-15(16)22-14)12-1-4-17-13(9-12)10-18(27-17)20(26)24-7-5-21-6-8-24/h1,4,9-10,14-16,21-22H,2-3,5-8,11H2,(H,23,25)/t14-,15+,16-/m1/s1. The van der Waals surface area contributed by atoms with Gasteiger partial charge in [-0.3, -0.25) is 9.59 Å². The van der Waals surface area contributed by atoms with Gasteiger partial charge >= 0.3 is 0 Å². The lowest BCUT2D eigenvalue weighted by Crippen LogP contribution is -2.46. The second kappa shape index (κ2) is 6.89. The number of nitrogens with zero attached hydrogens (tertiary/aromatic N) is 1. The third kappa shape index (κ3) is 3.24. The van der Waals surface area contributed by atoms with Gasteiger partial charge in [-0.25, -0.2) is 0 Å². The van der Waals surface area contributed by atoms with E-state index in [0.717, 1.165) is 54.0 Å². The molecule has 2 bridgehead atoms. The van der Waals surface area contributed by atoms with E-state index in [1.54, 1.807) is 0 Å².